The highest BCUT2D eigenvalue weighted by Crippen LogP contribution is 2.33. The van der Waals surface area contributed by atoms with E-state index >= 15 is 0 Å². The van der Waals surface area contributed by atoms with Crippen molar-refractivity contribution in [1.29, 1.82) is 0 Å². The third-order valence-corrected chi connectivity index (χ3v) is 3.12. The first-order valence-corrected chi connectivity index (χ1v) is 6.09. The first-order chi connectivity index (χ1) is 6.97. The van der Waals surface area contributed by atoms with Crippen LogP contribution in [0.3, 0.4) is 0 Å². The molecule has 0 radical (unpaired) electrons. The van der Waals surface area contributed by atoms with Crippen LogP contribution in [0.5, 0.6) is 0 Å². The van der Waals surface area contributed by atoms with Gasteiger partial charge in [0, 0.05) is 24.7 Å². The monoisotopic (exact) mass is 228 g/mol. The van der Waals surface area contributed by atoms with Gasteiger partial charge in [0.2, 0.25) is 0 Å². The number of hydrogen-bond donors (Lipinski definition) is 0. The Morgan fingerprint density at radius 3 is 2.20 bits per heavy atom. The van der Waals surface area contributed by atoms with Crippen LogP contribution >= 0.6 is 11.6 Å². The molecule has 0 atom stereocenters. The predicted octanol–water partition coefficient (Wildman–Crippen LogP) is 3.55. The van der Waals surface area contributed by atoms with Crippen molar-refractivity contribution in [3.63, 3.8) is 0 Å². The van der Waals surface area contributed by atoms with E-state index in [2.05, 4.69) is 32.8 Å². The van der Waals surface area contributed by atoms with Crippen LogP contribution in [0.15, 0.2) is 6.20 Å². The lowest BCUT2D eigenvalue weighted by Gasteiger charge is -2.23. The summed E-state index contributed by atoms with van der Waals surface area (Å²) in [7, 11) is 1.96. The van der Waals surface area contributed by atoms with E-state index < -0.39 is 0 Å². The number of alkyl halides is 1. The molecule has 15 heavy (non-hydrogen) atoms. The van der Waals surface area contributed by atoms with E-state index in [1.807, 2.05) is 17.9 Å². The van der Waals surface area contributed by atoms with E-state index in [9.17, 15) is 0 Å². The summed E-state index contributed by atoms with van der Waals surface area (Å²) in [4.78, 5) is 0. The summed E-state index contributed by atoms with van der Waals surface area (Å²) >= 11 is 5.95. The summed E-state index contributed by atoms with van der Waals surface area (Å²) in [5.41, 5.74) is 2.35. The minimum Gasteiger partial charge on any atom is -0.275 e. The molecule has 3 heteroatoms. The van der Waals surface area contributed by atoms with Gasteiger partial charge in [-0.05, 0) is 11.8 Å². The van der Waals surface area contributed by atoms with Gasteiger partial charge in [-0.25, -0.2) is 0 Å². The fraction of sp³-hybridized carbons (Fsp3) is 0.750. The van der Waals surface area contributed by atoms with Crippen LogP contribution in [0.25, 0.3) is 0 Å². The molecule has 0 spiro atoms. The van der Waals surface area contributed by atoms with Gasteiger partial charge in [-0.1, -0.05) is 27.7 Å². The molecule has 2 nitrogen and oxygen atoms in total. The van der Waals surface area contributed by atoms with Gasteiger partial charge in [-0.3, -0.25) is 4.68 Å². The second-order valence-electron chi connectivity index (χ2n) is 4.86. The summed E-state index contributed by atoms with van der Waals surface area (Å²) in [6.45, 7) is 8.99. The zero-order chi connectivity index (χ0) is 11.6. The molecule has 0 aliphatic heterocycles. The van der Waals surface area contributed by atoms with Gasteiger partial charge in [0.25, 0.3) is 0 Å². The Kier molecular flexibility index (Phi) is 4.21. The molecule has 0 aliphatic rings. The molecule has 1 aromatic heterocycles. The lowest BCUT2D eigenvalue weighted by molar-refractivity contribution is 0.376. The molecule has 0 saturated heterocycles. The molecular weight excluding hydrogens is 208 g/mol. The molecular formula is C12H21ClN2. The number of nitrogens with zero attached hydrogens (tertiary/aromatic N) is 2. The number of halogens is 1. The summed E-state index contributed by atoms with van der Waals surface area (Å²) in [6.07, 6.45) is 2.03. The van der Waals surface area contributed by atoms with Crippen molar-refractivity contribution in [1.82, 2.24) is 9.78 Å². The number of hydrogen-bond acceptors (Lipinski definition) is 1. The van der Waals surface area contributed by atoms with Crippen LogP contribution in [0.1, 0.15) is 44.9 Å². The normalized spacial score (nSPS) is 12.1. The van der Waals surface area contributed by atoms with Gasteiger partial charge < -0.3 is 0 Å². The highest BCUT2D eigenvalue weighted by atomic mass is 35.5. The zero-order valence-electron chi connectivity index (χ0n) is 10.3. The van der Waals surface area contributed by atoms with Gasteiger partial charge >= 0.3 is 0 Å². The first-order valence-electron chi connectivity index (χ1n) is 5.55. The molecule has 0 amide bonds. The largest absolute Gasteiger partial charge is 0.275 e. The summed E-state index contributed by atoms with van der Waals surface area (Å²) in [5.74, 6) is 2.25. The van der Waals surface area contributed by atoms with E-state index in [1.54, 1.807) is 0 Å². The Labute approximate surface area is 97.6 Å². The molecule has 0 aromatic carbocycles. The second kappa shape index (κ2) is 5.02. The zero-order valence-corrected chi connectivity index (χ0v) is 11.0. The van der Waals surface area contributed by atoms with Gasteiger partial charge in [0.15, 0.2) is 0 Å². The molecule has 0 aliphatic carbocycles. The summed E-state index contributed by atoms with van der Waals surface area (Å²) in [5, 5.41) is 4.56. The van der Waals surface area contributed by atoms with E-state index in [1.165, 1.54) is 11.3 Å². The van der Waals surface area contributed by atoms with Gasteiger partial charge in [0.1, 0.15) is 0 Å². The van der Waals surface area contributed by atoms with Gasteiger partial charge in [0.05, 0.1) is 11.6 Å². The molecule has 1 aromatic rings. The number of rotatable bonds is 4. The standard InChI is InChI=1S/C12H21ClN2/c1-8(2)11(9(3)4)12-10(6-13)7-15(5)14-12/h7-9,11H,6H2,1-5H3. The van der Waals surface area contributed by atoms with Gasteiger partial charge in [-0.2, -0.15) is 5.10 Å². The van der Waals surface area contributed by atoms with Crippen molar-refractivity contribution < 1.29 is 0 Å². The maximum atomic E-state index is 5.95. The third kappa shape index (κ3) is 2.75. The number of aromatic nitrogens is 2. The van der Waals surface area contributed by atoms with Crippen molar-refractivity contribution >= 4 is 11.6 Å². The van der Waals surface area contributed by atoms with Crippen LogP contribution in [-0.2, 0) is 12.9 Å². The Morgan fingerprint density at radius 1 is 1.27 bits per heavy atom. The molecule has 86 valence electrons. The van der Waals surface area contributed by atoms with Crippen LogP contribution in [0.4, 0.5) is 0 Å². The number of aryl methyl sites for hydroxylation is 1. The van der Waals surface area contributed by atoms with Crippen LogP contribution < -0.4 is 0 Å². The maximum Gasteiger partial charge on any atom is 0.0704 e. The molecule has 0 unspecified atom stereocenters. The fourth-order valence-electron chi connectivity index (χ4n) is 2.34. The molecule has 1 rings (SSSR count). The molecule has 0 N–H and O–H groups in total. The van der Waals surface area contributed by atoms with Crippen molar-refractivity contribution in [2.45, 2.75) is 39.5 Å². The van der Waals surface area contributed by atoms with Crippen LogP contribution in [0.2, 0.25) is 0 Å². The Morgan fingerprint density at radius 2 is 1.80 bits per heavy atom. The van der Waals surface area contributed by atoms with E-state index in [0.717, 1.165) is 0 Å². The van der Waals surface area contributed by atoms with Gasteiger partial charge in [-0.15, -0.1) is 11.6 Å². The lowest BCUT2D eigenvalue weighted by atomic mass is 9.82. The van der Waals surface area contributed by atoms with E-state index in [-0.39, 0.29) is 0 Å². The van der Waals surface area contributed by atoms with E-state index in [4.69, 9.17) is 11.6 Å². The highest BCUT2D eigenvalue weighted by Gasteiger charge is 2.24. The fourth-order valence-corrected chi connectivity index (χ4v) is 2.55. The quantitative estimate of drug-likeness (QED) is 0.721. The third-order valence-electron chi connectivity index (χ3n) is 2.83. The molecule has 0 bridgehead atoms. The van der Waals surface area contributed by atoms with Crippen molar-refractivity contribution in [2.24, 2.45) is 18.9 Å². The smallest absolute Gasteiger partial charge is 0.0704 e. The average molecular weight is 229 g/mol. The summed E-state index contributed by atoms with van der Waals surface area (Å²) < 4.78 is 1.87. The Bertz CT molecular complexity index is 307. The minimum absolute atomic E-state index is 0.500. The van der Waals surface area contributed by atoms with Crippen molar-refractivity contribution in [2.75, 3.05) is 0 Å². The Hall–Kier alpha value is -0.500. The predicted molar refractivity (Wildman–Crippen MR) is 65.2 cm³/mol. The lowest BCUT2D eigenvalue weighted by Crippen LogP contribution is -2.15. The first kappa shape index (κ1) is 12.6. The van der Waals surface area contributed by atoms with Crippen molar-refractivity contribution in [3.05, 3.63) is 17.5 Å². The molecule has 1 heterocycles. The second-order valence-corrected chi connectivity index (χ2v) is 5.13. The highest BCUT2D eigenvalue weighted by molar-refractivity contribution is 6.17. The molecule has 0 saturated carbocycles. The van der Waals surface area contributed by atoms with E-state index in [0.29, 0.717) is 23.6 Å². The molecule has 0 fully saturated rings. The average Bonchev–Trinajstić information content (AvgIpc) is 2.45. The van der Waals surface area contributed by atoms with Crippen molar-refractivity contribution in [3.8, 4) is 0 Å². The SMILES string of the molecule is CC(C)C(c1nn(C)cc1CCl)C(C)C. The summed E-state index contributed by atoms with van der Waals surface area (Å²) in [6, 6.07) is 0. The van der Waals surface area contributed by atoms with Crippen LogP contribution in [-0.4, -0.2) is 9.78 Å². The van der Waals surface area contributed by atoms with Crippen LogP contribution in [0, 0.1) is 11.8 Å². The minimum atomic E-state index is 0.500. The Balaban J connectivity index is 3.09. The topological polar surface area (TPSA) is 17.8 Å². The maximum absolute atomic E-state index is 5.95.